The Hall–Kier alpha value is -3.35. The molecule has 4 aromatic rings. The fraction of sp³-hybridized carbons (Fsp3) is 0.0400. The number of hydrogen-bond donors (Lipinski definition) is 2. The first-order valence-corrected chi connectivity index (χ1v) is 11.0. The Morgan fingerprint density at radius 3 is 2.50 bits per heavy atom. The van der Waals surface area contributed by atoms with E-state index in [0.717, 1.165) is 22.6 Å². The number of aromatic nitrogens is 1. The van der Waals surface area contributed by atoms with Gasteiger partial charge in [-0.05, 0) is 61.0 Å². The number of nitrogens with one attached hydrogen (secondary N) is 1. The number of hydrogen-bond acceptors (Lipinski definition) is 3. The number of nitrogens with zero attached hydrogens (tertiary/aromatic N) is 2. The smallest absolute Gasteiger partial charge is 0.271 e. The fourth-order valence-electron chi connectivity index (χ4n) is 3.39. The second-order valence-electron chi connectivity index (χ2n) is 7.13. The van der Waals surface area contributed by atoms with Crippen LogP contribution in [0.25, 0.3) is 16.9 Å². The molecule has 3 aromatic carbocycles. The molecule has 4 rings (SSSR count). The van der Waals surface area contributed by atoms with Crippen LogP contribution in [0, 0.1) is 6.92 Å². The van der Waals surface area contributed by atoms with Crippen LogP contribution in [-0.2, 0) is 0 Å². The summed E-state index contributed by atoms with van der Waals surface area (Å²) in [7, 11) is 0. The highest BCUT2D eigenvalue weighted by atomic mass is 79.9. The second kappa shape index (κ2) is 9.42. The van der Waals surface area contributed by atoms with Crippen LogP contribution >= 0.6 is 27.5 Å². The third kappa shape index (κ3) is 4.61. The minimum Gasteiger partial charge on any atom is -0.506 e. The first-order chi connectivity index (χ1) is 15.4. The largest absolute Gasteiger partial charge is 0.506 e. The van der Waals surface area contributed by atoms with E-state index in [1.54, 1.807) is 24.3 Å². The predicted octanol–water partition coefficient (Wildman–Crippen LogP) is 6.34. The molecule has 1 heterocycles. The summed E-state index contributed by atoms with van der Waals surface area (Å²) < 4.78 is 2.84. The Balaban J connectivity index is 1.52. The normalized spacial score (nSPS) is 11.1. The first-order valence-electron chi connectivity index (χ1n) is 9.79. The molecule has 0 aliphatic heterocycles. The Bertz CT molecular complexity index is 1300. The van der Waals surface area contributed by atoms with Gasteiger partial charge in [0.15, 0.2) is 0 Å². The van der Waals surface area contributed by atoms with Crippen LogP contribution in [0.3, 0.4) is 0 Å². The SMILES string of the molecule is Cc1ccc(-c2ccccc2)n1-c1ccc(C(=O)N/N=C\c2cc(Br)cc(Cl)c2O)cc1. The Morgan fingerprint density at radius 1 is 1.06 bits per heavy atom. The van der Waals surface area contributed by atoms with Crippen molar-refractivity contribution in [2.45, 2.75) is 6.92 Å². The molecule has 2 N–H and O–H groups in total. The second-order valence-corrected chi connectivity index (χ2v) is 8.46. The van der Waals surface area contributed by atoms with Gasteiger partial charge in [0.2, 0.25) is 0 Å². The van der Waals surface area contributed by atoms with Crippen molar-refractivity contribution in [1.82, 2.24) is 9.99 Å². The summed E-state index contributed by atoms with van der Waals surface area (Å²) in [5.41, 5.74) is 7.58. The molecule has 0 bridgehead atoms. The highest BCUT2D eigenvalue weighted by molar-refractivity contribution is 9.10. The highest BCUT2D eigenvalue weighted by Gasteiger charge is 2.11. The standard InChI is InChI=1S/C25H19BrClN3O2/c1-16-7-12-23(17-5-3-2-4-6-17)30(16)21-10-8-18(9-11-21)25(32)29-28-15-19-13-20(26)14-22(27)24(19)31/h2-15,31H,1H3,(H,29,32)/b28-15-. The average molecular weight is 509 g/mol. The van der Waals surface area contributed by atoms with E-state index >= 15 is 0 Å². The molecule has 0 unspecified atom stereocenters. The summed E-state index contributed by atoms with van der Waals surface area (Å²) >= 11 is 9.25. The molecule has 0 spiro atoms. The van der Waals surface area contributed by atoms with Crippen LogP contribution in [-0.4, -0.2) is 21.8 Å². The molecule has 0 aliphatic carbocycles. The number of rotatable bonds is 5. The van der Waals surface area contributed by atoms with Crippen LogP contribution in [0.1, 0.15) is 21.6 Å². The van der Waals surface area contributed by atoms with Crippen molar-refractivity contribution in [3.05, 3.63) is 105 Å². The molecule has 0 fully saturated rings. The molecule has 7 heteroatoms. The van der Waals surface area contributed by atoms with E-state index in [-0.39, 0.29) is 16.7 Å². The summed E-state index contributed by atoms with van der Waals surface area (Å²) in [6.07, 6.45) is 1.34. The molecule has 0 radical (unpaired) electrons. The maximum absolute atomic E-state index is 12.5. The summed E-state index contributed by atoms with van der Waals surface area (Å²) in [6.45, 7) is 2.05. The summed E-state index contributed by atoms with van der Waals surface area (Å²) in [5.74, 6) is -0.463. The lowest BCUT2D eigenvalue weighted by molar-refractivity contribution is 0.0955. The maximum atomic E-state index is 12.5. The Kier molecular flexibility index (Phi) is 6.44. The van der Waals surface area contributed by atoms with Gasteiger partial charge >= 0.3 is 0 Å². The number of amides is 1. The number of halogens is 2. The van der Waals surface area contributed by atoms with Gasteiger partial charge in [0, 0.05) is 27.0 Å². The summed E-state index contributed by atoms with van der Waals surface area (Å²) in [4.78, 5) is 12.5. The maximum Gasteiger partial charge on any atom is 0.271 e. The molecule has 0 saturated heterocycles. The number of aryl methyl sites for hydroxylation is 1. The van der Waals surface area contributed by atoms with Crippen molar-refractivity contribution in [3.8, 4) is 22.7 Å². The molecule has 0 atom stereocenters. The molecular formula is C25H19BrClN3O2. The van der Waals surface area contributed by atoms with Gasteiger partial charge in [-0.15, -0.1) is 0 Å². The number of phenols is 1. The van der Waals surface area contributed by atoms with Gasteiger partial charge in [0.25, 0.3) is 5.91 Å². The van der Waals surface area contributed by atoms with Crippen molar-refractivity contribution < 1.29 is 9.90 Å². The third-order valence-electron chi connectivity index (χ3n) is 4.96. The summed E-state index contributed by atoms with van der Waals surface area (Å²) in [6, 6.07) is 24.8. The van der Waals surface area contributed by atoms with Crippen molar-refractivity contribution in [1.29, 1.82) is 0 Å². The molecule has 1 aromatic heterocycles. The third-order valence-corrected chi connectivity index (χ3v) is 5.71. The quantitative estimate of drug-likeness (QED) is 0.244. The zero-order chi connectivity index (χ0) is 22.7. The van der Waals surface area contributed by atoms with E-state index < -0.39 is 0 Å². The number of aromatic hydroxyl groups is 1. The van der Waals surface area contributed by atoms with E-state index in [1.807, 2.05) is 37.3 Å². The molecule has 5 nitrogen and oxygen atoms in total. The van der Waals surface area contributed by atoms with Gasteiger partial charge in [-0.1, -0.05) is 57.9 Å². The minimum absolute atomic E-state index is 0.103. The lowest BCUT2D eigenvalue weighted by Gasteiger charge is -2.12. The van der Waals surface area contributed by atoms with Crippen LogP contribution in [0.2, 0.25) is 5.02 Å². The number of carbonyl (C=O) groups is 1. The molecule has 0 aliphatic rings. The van der Waals surface area contributed by atoms with Crippen LogP contribution in [0.5, 0.6) is 5.75 Å². The van der Waals surface area contributed by atoms with Crippen molar-refractivity contribution >= 4 is 39.7 Å². The van der Waals surface area contributed by atoms with Crippen LogP contribution in [0.4, 0.5) is 0 Å². The molecule has 1 amide bonds. The van der Waals surface area contributed by atoms with Crippen LogP contribution < -0.4 is 5.43 Å². The zero-order valence-electron chi connectivity index (χ0n) is 17.1. The lowest BCUT2D eigenvalue weighted by Crippen LogP contribution is -2.17. The predicted molar refractivity (Wildman–Crippen MR) is 132 cm³/mol. The van der Waals surface area contributed by atoms with Gasteiger partial charge in [-0.3, -0.25) is 4.79 Å². The van der Waals surface area contributed by atoms with Gasteiger partial charge < -0.3 is 9.67 Å². The Labute approximate surface area is 199 Å². The molecule has 160 valence electrons. The minimum atomic E-state index is -0.360. The van der Waals surface area contributed by atoms with Gasteiger partial charge in [-0.2, -0.15) is 5.10 Å². The van der Waals surface area contributed by atoms with Gasteiger partial charge in [0.05, 0.1) is 16.9 Å². The Morgan fingerprint density at radius 2 is 1.78 bits per heavy atom. The van der Waals surface area contributed by atoms with Gasteiger partial charge in [-0.25, -0.2) is 5.43 Å². The van der Waals surface area contributed by atoms with Crippen molar-refractivity contribution in [2.24, 2.45) is 5.10 Å². The molecule has 32 heavy (non-hydrogen) atoms. The van der Waals surface area contributed by atoms with Crippen molar-refractivity contribution in [3.63, 3.8) is 0 Å². The number of benzene rings is 3. The van der Waals surface area contributed by atoms with E-state index in [2.05, 4.69) is 55.3 Å². The topological polar surface area (TPSA) is 66.6 Å². The fourth-order valence-corrected chi connectivity index (χ4v) is 4.22. The monoisotopic (exact) mass is 507 g/mol. The van der Waals surface area contributed by atoms with Crippen molar-refractivity contribution in [2.75, 3.05) is 0 Å². The van der Waals surface area contributed by atoms with E-state index in [4.69, 9.17) is 11.6 Å². The number of hydrazone groups is 1. The average Bonchev–Trinajstić information content (AvgIpc) is 3.19. The van der Waals surface area contributed by atoms with Gasteiger partial charge in [0.1, 0.15) is 5.75 Å². The number of phenolic OH excluding ortho intramolecular Hbond substituents is 1. The molecular weight excluding hydrogens is 490 g/mol. The molecule has 0 saturated carbocycles. The first kappa shape index (κ1) is 21.9. The van der Waals surface area contributed by atoms with E-state index in [9.17, 15) is 9.90 Å². The van der Waals surface area contributed by atoms with E-state index in [0.29, 0.717) is 15.6 Å². The highest BCUT2D eigenvalue weighted by Crippen LogP contribution is 2.30. The zero-order valence-corrected chi connectivity index (χ0v) is 19.4. The summed E-state index contributed by atoms with van der Waals surface area (Å²) in [5, 5.41) is 14.1. The van der Waals surface area contributed by atoms with E-state index in [1.165, 1.54) is 6.21 Å². The van der Waals surface area contributed by atoms with Crippen LogP contribution in [0.15, 0.2) is 88.4 Å². The lowest BCUT2D eigenvalue weighted by atomic mass is 10.1. The number of carbonyl (C=O) groups excluding carboxylic acids is 1.